The van der Waals surface area contributed by atoms with Crippen LogP contribution in [0.5, 0.6) is 11.5 Å². The van der Waals surface area contributed by atoms with Crippen molar-refractivity contribution in [2.75, 3.05) is 25.7 Å². The number of sulfone groups is 1. The standard InChI is InChI=1S/C14H21NO5S.C6H13NO2/c1-5-20-14-8-11(6-7-13(14)19-3)12(15-10(2)16)9-21(4,17)18;1-4(2)3-5(7)6(8)9/h6-8,12H,5,9H2,1-4H3,(H,15,16);4-5H,3,7H2,1-2H3,(H,8,9)/t12-;5-/m10/s1. The van der Waals surface area contributed by atoms with Crippen LogP contribution in [-0.2, 0) is 19.4 Å². The summed E-state index contributed by atoms with van der Waals surface area (Å²) in [6.45, 7) is 7.54. The molecular formula is C20H34N2O7S. The third-order valence-electron chi connectivity index (χ3n) is 3.78. The largest absolute Gasteiger partial charge is 0.493 e. The monoisotopic (exact) mass is 446 g/mol. The number of carbonyl (C=O) groups excluding carboxylic acids is 1. The molecule has 0 saturated carbocycles. The van der Waals surface area contributed by atoms with E-state index in [1.54, 1.807) is 18.2 Å². The minimum Gasteiger partial charge on any atom is -0.493 e. The fraction of sp³-hybridized carbons (Fsp3) is 0.600. The number of aliphatic carboxylic acids is 1. The fourth-order valence-corrected chi connectivity index (χ4v) is 3.44. The summed E-state index contributed by atoms with van der Waals surface area (Å²) in [6.07, 6.45) is 1.68. The first kappa shape index (κ1) is 27.7. The second-order valence-electron chi connectivity index (χ2n) is 7.26. The van der Waals surface area contributed by atoms with Crippen molar-refractivity contribution in [2.24, 2.45) is 11.7 Å². The van der Waals surface area contributed by atoms with Gasteiger partial charge in [-0.2, -0.15) is 0 Å². The summed E-state index contributed by atoms with van der Waals surface area (Å²) in [4.78, 5) is 21.4. The summed E-state index contributed by atoms with van der Waals surface area (Å²) in [5.41, 5.74) is 5.87. The number of hydrogen-bond acceptors (Lipinski definition) is 7. The van der Waals surface area contributed by atoms with E-state index in [2.05, 4.69) is 5.32 Å². The molecule has 30 heavy (non-hydrogen) atoms. The summed E-state index contributed by atoms with van der Waals surface area (Å²) in [5.74, 6) is 0.0462. The SMILES string of the molecule is CC(C)C[C@H](N)C(=O)O.CCOc1cc([C@@H](CS(C)(=O)=O)NC(C)=O)ccc1OC. The smallest absolute Gasteiger partial charge is 0.320 e. The molecule has 1 aromatic rings. The third-order valence-corrected chi connectivity index (χ3v) is 4.72. The van der Waals surface area contributed by atoms with Crippen molar-refractivity contribution < 1.29 is 32.6 Å². The topological polar surface area (TPSA) is 145 Å². The lowest BCUT2D eigenvalue weighted by molar-refractivity contribution is -0.138. The molecule has 9 nitrogen and oxygen atoms in total. The molecule has 0 spiro atoms. The molecule has 0 fully saturated rings. The van der Waals surface area contributed by atoms with Crippen molar-refractivity contribution in [3.8, 4) is 11.5 Å². The number of hydrogen-bond donors (Lipinski definition) is 3. The molecule has 2 atom stereocenters. The maximum atomic E-state index is 11.5. The van der Waals surface area contributed by atoms with E-state index >= 15 is 0 Å². The first-order chi connectivity index (χ1) is 13.8. The van der Waals surface area contributed by atoms with Gasteiger partial charge in [-0.1, -0.05) is 19.9 Å². The van der Waals surface area contributed by atoms with Gasteiger partial charge in [-0.25, -0.2) is 8.42 Å². The van der Waals surface area contributed by atoms with Gasteiger partial charge in [-0.05, 0) is 37.0 Å². The Labute approximate surface area is 178 Å². The van der Waals surface area contributed by atoms with Crippen LogP contribution in [0.1, 0.15) is 45.7 Å². The molecule has 172 valence electrons. The van der Waals surface area contributed by atoms with E-state index in [4.69, 9.17) is 20.3 Å². The average molecular weight is 447 g/mol. The van der Waals surface area contributed by atoms with Gasteiger partial charge >= 0.3 is 5.97 Å². The van der Waals surface area contributed by atoms with Crippen LogP contribution in [0.3, 0.4) is 0 Å². The molecule has 0 bridgehead atoms. The highest BCUT2D eigenvalue weighted by Crippen LogP contribution is 2.30. The van der Waals surface area contributed by atoms with Crippen LogP contribution in [-0.4, -0.2) is 57.2 Å². The van der Waals surface area contributed by atoms with Crippen LogP contribution < -0.4 is 20.5 Å². The molecule has 1 aromatic carbocycles. The van der Waals surface area contributed by atoms with Gasteiger partial charge < -0.3 is 25.6 Å². The van der Waals surface area contributed by atoms with Crippen LogP contribution in [0.25, 0.3) is 0 Å². The Balaban J connectivity index is 0.000000787. The van der Waals surface area contributed by atoms with E-state index in [0.717, 1.165) is 6.26 Å². The van der Waals surface area contributed by atoms with Gasteiger partial charge in [0.05, 0.1) is 25.5 Å². The van der Waals surface area contributed by atoms with Crippen molar-refractivity contribution in [3.63, 3.8) is 0 Å². The minimum absolute atomic E-state index is 0.176. The molecule has 0 aliphatic heterocycles. The second kappa shape index (κ2) is 13.1. The molecule has 0 heterocycles. The summed E-state index contributed by atoms with van der Waals surface area (Å²) >= 11 is 0. The van der Waals surface area contributed by atoms with Crippen molar-refractivity contribution >= 4 is 21.7 Å². The summed E-state index contributed by atoms with van der Waals surface area (Å²) in [5, 5.41) is 11.0. The van der Waals surface area contributed by atoms with E-state index in [1.165, 1.54) is 14.0 Å². The summed E-state index contributed by atoms with van der Waals surface area (Å²) < 4.78 is 33.7. The maximum absolute atomic E-state index is 11.5. The van der Waals surface area contributed by atoms with Gasteiger partial charge in [-0.15, -0.1) is 0 Å². The van der Waals surface area contributed by atoms with Gasteiger partial charge in [-0.3, -0.25) is 9.59 Å². The van der Waals surface area contributed by atoms with Gasteiger partial charge in [0.1, 0.15) is 15.9 Å². The Bertz CT molecular complexity index is 794. The Kier molecular flexibility index (Phi) is 12.1. The molecule has 0 aliphatic rings. The average Bonchev–Trinajstić information content (AvgIpc) is 2.59. The highest BCUT2D eigenvalue weighted by atomic mass is 32.2. The Hall–Kier alpha value is -2.33. The molecule has 10 heteroatoms. The maximum Gasteiger partial charge on any atom is 0.320 e. The molecule has 1 amide bonds. The Morgan fingerprint density at radius 3 is 2.20 bits per heavy atom. The van der Waals surface area contributed by atoms with Crippen LogP contribution in [0, 0.1) is 5.92 Å². The molecule has 0 unspecified atom stereocenters. The zero-order chi connectivity index (χ0) is 23.5. The molecule has 0 aromatic heterocycles. The normalized spacial score (nSPS) is 12.9. The molecule has 0 aliphatic carbocycles. The van der Waals surface area contributed by atoms with Crippen LogP contribution >= 0.6 is 0 Å². The van der Waals surface area contributed by atoms with Crippen LogP contribution in [0.15, 0.2) is 18.2 Å². The first-order valence-corrected chi connectivity index (χ1v) is 11.6. The lowest BCUT2D eigenvalue weighted by atomic mass is 10.1. The Morgan fingerprint density at radius 1 is 1.23 bits per heavy atom. The number of amides is 1. The van der Waals surface area contributed by atoms with Gasteiger partial charge in [0.15, 0.2) is 11.5 Å². The zero-order valence-corrected chi connectivity index (χ0v) is 19.3. The van der Waals surface area contributed by atoms with Crippen LogP contribution in [0.2, 0.25) is 0 Å². The van der Waals surface area contributed by atoms with E-state index in [9.17, 15) is 18.0 Å². The predicted octanol–water partition coefficient (Wildman–Crippen LogP) is 1.76. The summed E-state index contributed by atoms with van der Waals surface area (Å²) in [6, 6.07) is 3.78. The third kappa shape index (κ3) is 11.6. The summed E-state index contributed by atoms with van der Waals surface area (Å²) in [7, 11) is -1.72. The molecule has 4 N–H and O–H groups in total. The number of nitrogens with one attached hydrogen (secondary N) is 1. The van der Waals surface area contributed by atoms with Crippen molar-refractivity contribution in [1.82, 2.24) is 5.32 Å². The van der Waals surface area contributed by atoms with E-state index < -0.39 is 27.9 Å². The molecule has 1 rings (SSSR count). The number of ether oxygens (including phenoxy) is 2. The number of benzene rings is 1. The van der Waals surface area contributed by atoms with Gasteiger partial charge in [0.2, 0.25) is 5.91 Å². The number of carbonyl (C=O) groups is 2. The molecule has 0 radical (unpaired) electrons. The number of nitrogens with two attached hydrogens (primary N) is 1. The van der Waals surface area contributed by atoms with Gasteiger partial charge in [0.25, 0.3) is 0 Å². The van der Waals surface area contributed by atoms with Crippen molar-refractivity contribution in [2.45, 2.75) is 46.2 Å². The number of rotatable bonds is 10. The van der Waals surface area contributed by atoms with E-state index in [1.807, 2.05) is 20.8 Å². The van der Waals surface area contributed by atoms with E-state index in [0.29, 0.717) is 36.0 Å². The number of methoxy groups -OCH3 is 1. The number of carboxylic acids is 1. The number of carboxylic acid groups (broad SMARTS) is 1. The molecular weight excluding hydrogens is 412 g/mol. The zero-order valence-electron chi connectivity index (χ0n) is 18.5. The Morgan fingerprint density at radius 2 is 1.83 bits per heavy atom. The minimum atomic E-state index is -3.24. The highest BCUT2D eigenvalue weighted by Gasteiger charge is 2.20. The lowest BCUT2D eigenvalue weighted by Gasteiger charge is -2.19. The van der Waals surface area contributed by atoms with Crippen molar-refractivity contribution in [3.05, 3.63) is 23.8 Å². The first-order valence-electron chi connectivity index (χ1n) is 9.54. The fourth-order valence-electron chi connectivity index (χ4n) is 2.56. The van der Waals surface area contributed by atoms with Crippen molar-refractivity contribution in [1.29, 1.82) is 0 Å². The molecule has 0 saturated heterocycles. The predicted molar refractivity (Wildman–Crippen MR) is 115 cm³/mol. The second-order valence-corrected chi connectivity index (χ2v) is 9.45. The lowest BCUT2D eigenvalue weighted by Crippen LogP contribution is -2.31. The highest BCUT2D eigenvalue weighted by molar-refractivity contribution is 7.90. The van der Waals surface area contributed by atoms with E-state index in [-0.39, 0.29) is 11.7 Å². The quantitative estimate of drug-likeness (QED) is 0.493. The van der Waals surface area contributed by atoms with Gasteiger partial charge in [0, 0.05) is 13.2 Å². The van der Waals surface area contributed by atoms with Crippen LogP contribution in [0.4, 0.5) is 0 Å².